The number of hydrogen-bond acceptors (Lipinski definition) is 1. The van der Waals surface area contributed by atoms with Crippen molar-refractivity contribution in [1.82, 2.24) is 5.32 Å². The van der Waals surface area contributed by atoms with Crippen molar-refractivity contribution in [1.29, 1.82) is 0 Å². The SMILES string of the molecule is CCCC1CC(CC)CCC1CNC(C)(C)C. The Bertz CT molecular complexity index is 204. The topological polar surface area (TPSA) is 12.0 Å². The molecule has 0 aliphatic heterocycles. The molecule has 0 saturated heterocycles. The third-order valence-corrected chi connectivity index (χ3v) is 4.38. The van der Waals surface area contributed by atoms with Crippen molar-refractivity contribution in [3.8, 4) is 0 Å². The van der Waals surface area contributed by atoms with Crippen LogP contribution in [0, 0.1) is 17.8 Å². The van der Waals surface area contributed by atoms with Gasteiger partial charge in [-0.25, -0.2) is 0 Å². The molecule has 0 spiro atoms. The van der Waals surface area contributed by atoms with Crippen LogP contribution in [0.1, 0.15) is 73.1 Å². The standard InChI is InChI=1S/C16H33N/c1-6-8-14-11-13(7-2)9-10-15(14)12-17-16(3,4)5/h13-15,17H,6-12H2,1-5H3. The van der Waals surface area contributed by atoms with E-state index in [1.54, 1.807) is 0 Å². The molecule has 1 saturated carbocycles. The van der Waals surface area contributed by atoms with Crippen molar-refractivity contribution < 1.29 is 0 Å². The lowest BCUT2D eigenvalue weighted by molar-refractivity contribution is 0.154. The van der Waals surface area contributed by atoms with Gasteiger partial charge in [0.05, 0.1) is 0 Å². The second-order valence-corrected chi connectivity index (χ2v) is 7.03. The molecule has 1 aliphatic carbocycles. The monoisotopic (exact) mass is 239 g/mol. The van der Waals surface area contributed by atoms with Crippen molar-refractivity contribution in [2.24, 2.45) is 17.8 Å². The van der Waals surface area contributed by atoms with Gasteiger partial charge in [0, 0.05) is 5.54 Å². The summed E-state index contributed by atoms with van der Waals surface area (Å²) in [6.45, 7) is 12.8. The molecule has 17 heavy (non-hydrogen) atoms. The maximum atomic E-state index is 3.71. The predicted molar refractivity (Wildman–Crippen MR) is 77.3 cm³/mol. The molecule has 0 aromatic carbocycles. The smallest absolute Gasteiger partial charge is 0.00966 e. The van der Waals surface area contributed by atoms with Gasteiger partial charge in [0.25, 0.3) is 0 Å². The van der Waals surface area contributed by atoms with Gasteiger partial charge in [-0.1, -0.05) is 39.5 Å². The second kappa shape index (κ2) is 6.78. The van der Waals surface area contributed by atoms with E-state index >= 15 is 0 Å². The fraction of sp³-hybridized carbons (Fsp3) is 1.00. The van der Waals surface area contributed by atoms with Crippen LogP contribution < -0.4 is 5.32 Å². The van der Waals surface area contributed by atoms with E-state index in [9.17, 15) is 0 Å². The molecule has 0 heterocycles. The first-order valence-electron chi connectivity index (χ1n) is 7.71. The third kappa shape index (κ3) is 5.42. The van der Waals surface area contributed by atoms with E-state index in [1.165, 1.54) is 45.1 Å². The summed E-state index contributed by atoms with van der Waals surface area (Å²) in [7, 11) is 0. The lowest BCUT2D eigenvalue weighted by Crippen LogP contribution is -2.42. The Hall–Kier alpha value is -0.0400. The Labute approximate surface area is 109 Å². The van der Waals surface area contributed by atoms with Gasteiger partial charge in [-0.15, -0.1) is 0 Å². The molecule has 1 aliphatic rings. The first-order chi connectivity index (χ1) is 7.96. The summed E-state index contributed by atoms with van der Waals surface area (Å²) in [5, 5.41) is 3.71. The number of rotatable bonds is 5. The van der Waals surface area contributed by atoms with Crippen LogP contribution in [0.3, 0.4) is 0 Å². The molecule has 0 aromatic heterocycles. The Balaban J connectivity index is 2.45. The third-order valence-electron chi connectivity index (χ3n) is 4.38. The van der Waals surface area contributed by atoms with E-state index in [1.807, 2.05) is 0 Å². The fourth-order valence-corrected chi connectivity index (χ4v) is 3.23. The van der Waals surface area contributed by atoms with Crippen LogP contribution in [0.4, 0.5) is 0 Å². The molecule has 1 rings (SSSR count). The van der Waals surface area contributed by atoms with Gasteiger partial charge < -0.3 is 5.32 Å². The van der Waals surface area contributed by atoms with Gasteiger partial charge >= 0.3 is 0 Å². The minimum absolute atomic E-state index is 0.276. The maximum absolute atomic E-state index is 3.71. The van der Waals surface area contributed by atoms with E-state index < -0.39 is 0 Å². The minimum atomic E-state index is 0.276. The molecule has 0 bridgehead atoms. The average Bonchev–Trinajstić information content (AvgIpc) is 2.26. The first-order valence-corrected chi connectivity index (χ1v) is 7.71. The van der Waals surface area contributed by atoms with Gasteiger partial charge in [0.1, 0.15) is 0 Å². The molecule has 1 heteroatoms. The van der Waals surface area contributed by atoms with E-state index in [-0.39, 0.29) is 5.54 Å². The molecule has 1 fully saturated rings. The molecule has 0 aromatic rings. The average molecular weight is 239 g/mol. The Morgan fingerprint density at radius 2 is 1.76 bits per heavy atom. The van der Waals surface area contributed by atoms with Crippen molar-refractivity contribution in [2.75, 3.05) is 6.54 Å². The zero-order valence-corrected chi connectivity index (χ0v) is 12.7. The fourth-order valence-electron chi connectivity index (χ4n) is 3.23. The van der Waals surface area contributed by atoms with E-state index in [2.05, 4.69) is 39.9 Å². The summed E-state index contributed by atoms with van der Waals surface area (Å²) in [6, 6.07) is 0. The lowest BCUT2D eigenvalue weighted by Gasteiger charge is -2.37. The molecule has 0 radical (unpaired) electrons. The van der Waals surface area contributed by atoms with Gasteiger partial charge in [0.15, 0.2) is 0 Å². The molecular formula is C16H33N. The highest BCUT2D eigenvalue weighted by atomic mass is 14.9. The maximum Gasteiger partial charge on any atom is 0.00966 e. The van der Waals surface area contributed by atoms with E-state index in [4.69, 9.17) is 0 Å². The minimum Gasteiger partial charge on any atom is -0.312 e. The summed E-state index contributed by atoms with van der Waals surface area (Å²) in [4.78, 5) is 0. The zero-order chi connectivity index (χ0) is 12.9. The van der Waals surface area contributed by atoms with Crippen LogP contribution in [-0.2, 0) is 0 Å². The largest absolute Gasteiger partial charge is 0.312 e. The van der Waals surface area contributed by atoms with Crippen LogP contribution in [-0.4, -0.2) is 12.1 Å². The summed E-state index contributed by atoms with van der Waals surface area (Å²) >= 11 is 0. The highest BCUT2D eigenvalue weighted by Gasteiger charge is 2.29. The van der Waals surface area contributed by atoms with Crippen LogP contribution in [0.2, 0.25) is 0 Å². The summed E-state index contributed by atoms with van der Waals surface area (Å²) in [5.74, 6) is 2.92. The Morgan fingerprint density at radius 3 is 2.29 bits per heavy atom. The van der Waals surface area contributed by atoms with Crippen LogP contribution in [0.25, 0.3) is 0 Å². The predicted octanol–water partition coefficient (Wildman–Crippen LogP) is 4.62. The second-order valence-electron chi connectivity index (χ2n) is 7.03. The first kappa shape index (κ1) is 15.0. The summed E-state index contributed by atoms with van der Waals surface area (Å²) in [5.41, 5.74) is 0.276. The molecule has 0 amide bonds. The highest BCUT2D eigenvalue weighted by molar-refractivity contribution is 4.83. The van der Waals surface area contributed by atoms with Crippen molar-refractivity contribution >= 4 is 0 Å². The van der Waals surface area contributed by atoms with Crippen LogP contribution in [0.15, 0.2) is 0 Å². The number of hydrogen-bond donors (Lipinski definition) is 1. The van der Waals surface area contributed by atoms with E-state index in [0.29, 0.717) is 0 Å². The van der Waals surface area contributed by atoms with E-state index in [0.717, 1.165) is 17.8 Å². The normalized spacial score (nSPS) is 30.5. The molecule has 102 valence electrons. The van der Waals surface area contributed by atoms with Crippen molar-refractivity contribution in [3.63, 3.8) is 0 Å². The Kier molecular flexibility index (Phi) is 5.99. The summed E-state index contributed by atoms with van der Waals surface area (Å²) in [6.07, 6.45) is 8.58. The van der Waals surface area contributed by atoms with Gasteiger partial charge in [-0.2, -0.15) is 0 Å². The highest BCUT2D eigenvalue weighted by Crippen LogP contribution is 2.37. The van der Waals surface area contributed by atoms with Crippen molar-refractivity contribution in [2.45, 2.75) is 78.7 Å². The number of nitrogens with one attached hydrogen (secondary N) is 1. The van der Waals surface area contributed by atoms with Crippen LogP contribution in [0.5, 0.6) is 0 Å². The molecule has 1 nitrogen and oxygen atoms in total. The quantitative estimate of drug-likeness (QED) is 0.738. The molecule has 1 N–H and O–H groups in total. The lowest BCUT2D eigenvalue weighted by atomic mass is 9.71. The van der Waals surface area contributed by atoms with Gasteiger partial charge in [-0.3, -0.25) is 0 Å². The zero-order valence-electron chi connectivity index (χ0n) is 12.7. The van der Waals surface area contributed by atoms with Crippen molar-refractivity contribution in [3.05, 3.63) is 0 Å². The van der Waals surface area contributed by atoms with Gasteiger partial charge in [-0.05, 0) is 57.9 Å². The molecule has 3 unspecified atom stereocenters. The van der Waals surface area contributed by atoms with Gasteiger partial charge in [0.2, 0.25) is 0 Å². The summed E-state index contributed by atoms with van der Waals surface area (Å²) < 4.78 is 0. The Morgan fingerprint density at radius 1 is 1.06 bits per heavy atom. The van der Waals surface area contributed by atoms with Crippen LogP contribution >= 0.6 is 0 Å². The molecular weight excluding hydrogens is 206 g/mol. The molecule has 3 atom stereocenters.